The van der Waals surface area contributed by atoms with Gasteiger partial charge in [-0.05, 0) is 25.1 Å². The molecule has 1 saturated heterocycles. The maximum atomic E-state index is 12.2. The largest absolute Gasteiger partial charge is 0.456 e. The van der Waals surface area contributed by atoms with Crippen molar-refractivity contribution in [3.63, 3.8) is 0 Å². The Hall–Kier alpha value is -2.43. The second kappa shape index (κ2) is 6.36. The fourth-order valence-corrected chi connectivity index (χ4v) is 3.61. The Morgan fingerprint density at radius 3 is 2.83 bits per heavy atom. The van der Waals surface area contributed by atoms with Crippen LogP contribution in [0.15, 0.2) is 45.7 Å². The van der Waals surface area contributed by atoms with Crippen LogP contribution in [0.3, 0.4) is 0 Å². The molecular formula is C16H12N3O2S2+. The summed E-state index contributed by atoms with van der Waals surface area (Å²) in [5.41, 5.74) is 1.10. The van der Waals surface area contributed by atoms with Gasteiger partial charge in [0.15, 0.2) is 4.98 Å². The molecule has 23 heavy (non-hydrogen) atoms. The molecule has 2 heterocycles. The quantitative estimate of drug-likeness (QED) is 0.461. The highest BCUT2D eigenvalue weighted by atomic mass is 32.2. The highest BCUT2D eigenvalue weighted by Crippen LogP contribution is 2.35. The predicted molar refractivity (Wildman–Crippen MR) is 94.4 cm³/mol. The second-order valence-electron chi connectivity index (χ2n) is 4.75. The summed E-state index contributed by atoms with van der Waals surface area (Å²) < 4.78 is 6.31. The first-order chi connectivity index (χ1) is 11.1. The van der Waals surface area contributed by atoms with Gasteiger partial charge in [-0.15, -0.1) is 0 Å². The highest BCUT2D eigenvalue weighted by molar-refractivity contribution is 8.26. The number of likely N-dealkylation sites (N-methyl/N-ethyl adjacent to an activating group) is 1. The van der Waals surface area contributed by atoms with Crippen LogP contribution in [0.1, 0.15) is 12.7 Å². The molecule has 0 spiro atoms. The smallest absolute Gasteiger partial charge is 0.395 e. The molecule has 7 heteroatoms. The molecule has 0 saturated carbocycles. The number of carbonyl (C=O) groups is 1. The minimum absolute atomic E-state index is 0.105. The standard InChI is InChI=1S/C16H12N3O2S2/c1-2-19-15(20)14(23-16(19)22)9-10-7-8-13(21-10)11-5-3-4-6-12(11)18-17/h3-9H,2H2,1H3/q+1. The molecule has 114 valence electrons. The van der Waals surface area contributed by atoms with Gasteiger partial charge in [0.05, 0.1) is 4.91 Å². The van der Waals surface area contributed by atoms with E-state index in [2.05, 4.69) is 4.98 Å². The number of furan rings is 1. The molecule has 0 unspecified atom stereocenters. The van der Waals surface area contributed by atoms with Crippen molar-refractivity contribution < 1.29 is 9.21 Å². The summed E-state index contributed by atoms with van der Waals surface area (Å²) in [5, 5.41) is 9.04. The average molecular weight is 342 g/mol. The van der Waals surface area contributed by atoms with E-state index in [1.165, 1.54) is 11.8 Å². The zero-order valence-corrected chi connectivity index (χ0v) is 13.9. The summed E-state index contributed by atoms with van der Waals surface area (Å²) >= 11 is 6.45. The Kier molecular flexibility index (Phi) is 4.28. The molecule has 0 N–H and O–H groups in total. The second-order valence-corrected chi connectivity index (χ2v) is 6.42. The summed E-state index contributed by atoms with van der Waals surface area (Å²) in [6, 6.07) is 10.6. The third-order valence-corrected chi connectivity index (χ3v) is 4.74. The normalized spacial score (nSPS) is 16.2. The number of carbonyl (C=O) groups excluding carboxylic acids is 1. The van der Waals surface area contributed by atoms with E-state index in [0.717, 1.165) is 0 Å². The average Bonchev–Trinajstić information content (AvgIpc) is 3.12. The molecule has 1 aliphatic heterocycles. The van der Waals surface area contributed by atoms with Crippen molar-refractivity contribution in [2.75, 3.05) is 6.54 Å². The minimum Gasteiger partial charge on any atom is -0.456 e. The summed E-state index contributed by atoms with van der Waals surface area (Å²) in [6.45, 7) is 2.44. The maximum absolute atomic E-state index is 12.2. The van der Waals surface area contributed by atoms with Crippen LogP contribution >= 0.6 is 24.0 Å². The number of thiocarbonyl (C=S) groups is 1. The van der Waals surface area contributed by atoms with Gasteiger partial charge in [0, 0.05) is 18.7 Å². The lowest BCUT2D eigenvalue weighted by molar-refractivity contribution is -0.121. The molecule has 1 aromatic heterocycles. The van der Waals surface area contributed by atoms with Gasteiger partial charge in [0.2, 0.25) is 5.39 Å². The van der Waals surface area contributed by atoms with Crippen LogP contribution in [-0.4, -0.2) is 21.7 Å². The fraction of sp³-hybridized carbons (Fsp3) is 0.125. The molecule has 3 rings (SSSR count). The lowest BCUT2D eigenvalue weighted by Crippen LogP contribution is -2.27. The first kappa shape index (κ1) is 15.5. The zero-order valence-electron chi connectivity index (χ0n) is 12.2. The highest BCUT2D eigenvalue weighted by Gasteiger charge is 2.31. The third kappa shape index (κ3) is 2.91. The van der Waals surface area contributed by atoms with Crippen LogP contribution in [0, 0.1) is 5.39 Å². The molecular weight excluding hydrogens is 330 g/mol. The summed E-state index contributed by atoms with van der Waals surface area (Å²) in [4.78, 5) is 17.5. The predicted octanol–water partition coefficient (Wildman–Crippen LogP) is 4.65. The van der Waals surface area contributed by atoms with Gasteiger partial charge in [0.25, 0.3) is 5.91 Å². The fourth-order valence-electron chi connectivity index (χ4n) is 2.25. The zero-order chi connectivity index (χ0) is 16.4. The number of rotatable bonds is 3. The van der Waals surface area contributed by atoms with E-state index in [4.69, 9.17) is 22.0 Å². The topological polar surface area (TPSA) is 61.6 Å². The van der Waals surface area contributed by atoms with Gasteiger partial charge in [-0.3, -0.25) is 9.69 Å². The molecule has 1 amide bonds. The maximum Gasteiger partial charge on any atom is 0.395 e. The first-order valence-corrected chi connectivity index (χ1v) is 8.16. The van der Waals surface area contributed by atoms with E-state index in [0.29, 0.717) is 38.5 Å². The number of benzene rings is 1. The molecule has 2 aromatic rings. The van der Waals surface area contributed by atoms with Gasteiger partial charge in [-0.2, -0.15) is 0 Å². The first-order valence-electron chi connectivity index (χ1n) is 6.93. The molecule has 0 atom stereocenters. The number of amides is 1. The monoisotopic (exact) mass is 342 g/mol. The Bertz CT molecular complexity index is 864. The number of thioether (sulfide) groups is 1. The third-order valence-electron chi connectivity index (χ3n) is 3.37. The Morgan fingerprint density at radius 1 is 1.35 bits per heavy atom. The van der Waals surface area contributed by atoms with Crippen LogP contribution < -0.4 is 0 Å². The Morgan fingerprint density at radius 2 is 2.13 bits per heavy atom. The molecule has 1 aliphatic rings. The number of hydrogen-bond acceptors (Lipinski definition) is 5. The van der Waals surface area contributed by atoms with Crippen LogP contribution in [0.25, 0.3) is 22.4 Å². The van der Waals surface area contributed by atoms with Crippen molar-refractivity contribution in [2.45, 2.75) is 6.92 Å². The van der Waals surface area contributed by atoms with E-state index >= 15 is 0 Å². The van der Waals surface area contributed by atoms with Gasteiger partial charge in [-0.25, -0.2) is 0 Å². The van der Waals surface area contributed by atoms with Crippen LogP contribution in [0.4, 0.5) is 5.69 Å². The number of nitrogens with zero attached hydrogens (tertiary/aromatic N) is 3. The summed E-state index contributed by atoms with van der Waals surface area (Å²) in [7, 11) is 0. The van der Waals surface area contributed by atoms with Crippen LogP contribution in [0.5, 0.6) is 0 Å². The van der Waals surface area contributed by atoms with Crippen molar-refractivity contribution >= 4 is 46.0 Å². The lowest BCUT2D eigenvalue weighted by atomic mass is 10.1. The molecule has 5 nitrogen and oxygen atoms in total. The van der Waals surface area contributed by atoms with E-state index in [9.17, 15) is 4.79 Å². The van der Waals surface area contributed by atoms with E-state index in [-0.39, 0.29) is 5.91 Å². The van der Waals surface area contributed by atoms with E-state index < -0.39 is 0 Å². The van der Waals surface area contributed by atoms with Gasteiger partial charge < -0.3 is 4.42 Å². The van der Waals surface area contributed by atoms with Crippen molar-refractivity contribution in [1.82, 2.24) is 4.90 Å². The number of diazo groups is 1. The Labute approximate surface area is 142 Å². The van der Waals surface area contributed by atoms with E-state index in [1.54, 1.807) is 41.3 Å². The molecule has 0 bridgehead atoms. The lowest BCUT2D eigenvalue weighted by Gasteiger charge is -2.09. The van der Waals surface area contributed by atoms with Crippen molar-refractivity contribution in [3.8, 4) is 11.3 Å². The van der Waals surface area contributed by atoms with E-state index in [1.807, 2.05) is 13.0 Å². The van der Waals surface area contributed by atoms with Crippen molar-refractivity contribution in [2.24, 2.45) is 0 Å². The Balaban J connectivity index is 1.92. The number of hydrogen-bond donors (Lipinski definition) is 0. The van der Waals surface area contributed by atoms with Gasteiger partial charge in [-0.1, -0.05) is 36.1 Å². The minimum atomic E-state index is -0.105. The van der Waals surface area contributed by atoms with Crippen LogP contribution in [0.2, 0.25) is 0 Å². The van der Waals surface area contributed by atoms with Gasteiger partial charge >= 0.3 is 5.69 Å². The summed E-state index contributed by atoms with van der Waals surface area (Å²) in [5.74, 6) is 1.01. The molecule has 0 radical (unpaired) electrons. The van der Waals surface area contributed by atoms with Crippen LogP contribution in [-0.2, 0) is 4.79 Å². The molecule has 1 fully saturated rings. The SMILES string of the molecule is CCN1C(=O)C(=Cc2ccc(-c3ccccc3[N+]#N)o2)SC1=S. The summed E-state index contributed by atoms with van der Waals surface area (Å²) in [6.07, 6.45) is 1.68. The van der Waals surface area contributed by atoms with Crippen molar-refractivity contribution in [1.29, 1.82) is 5.39 Å². The molecule has 0 aliphatic carbocycles. The molecule has 1 aromatic carbocycles. The van der Waals surface area contributed by atoms with Crippen molar-refractivity contribution in [3.05, 3.63) is 52.0 Å². The van der Waals surface area contributed by atoms with Gasteiger partial charge in [0.1, 0.15) is 21.4 Å².